The van der Waals surface area contributed by atoms with E-state index in [0.29, 0.717) is 6.54 Å². The van der Waals surface area contributed by atoms with Crippen LogP contribution in [0.2, 0.25) is 0 Å². The maximum atomic E-state index is 11.7. The Morgan fingerprint density at radius 3 is 3.12 bits per heavy atom. The molecule has 1 amide bonds. The van der Waals surface area contributed by atoms with Crippen LogP contribution in [0.1, 0.15) is 12.0 Å². The molecular weight excluding hydrogens is 202 g/mol. The van der Waals surface area contributed by atoms with Crippen LogP contribution >= 0.6 is 0 Å². The lowest BCUT2D eigenvalue weighted by atomic mass is 10.2. The number of carbonyl (C=O) groups excluding carboxylic acids is 1. The molecule has 1 aliphatic rings. The molecule has 16 heavy (non-hydrogen) atoms. The first-order chi connectivity index (χ1) is 7.75. The molecule has 1 atom stereocenters. The van der Waals surface area contributed by atoms with Crippen LogP contribution in [0.15, 0.2) is 30.6 Å². The zero-order chi connectivity index (χ0) is 11.4. The third-order valence-corrected chi connectivity index (χ3v) is 2.64. The van der Waals surface area contributed by atoms with E-state index in [9.17, 15) is 4.79 Å². The van der Waals surface area contributed by atoms with Crippen molar-refractivity contribution in [1.29, 1.82) is 0 Å². The standard InChI is InChI=1S/C12H15N3O/c13-11-5-7-15(9-11)12(16)4-3-10-2-1-6-14-8-10/h1-4,6,8,11H,5,7,9,13H2/b4-3+. The van der Waals surface area contributed by atoms with Crippen LogP contribution in [-0.4, -0.2) is 34.9 Å². The lowest BCUT2D eigenvalue weighted by Crippen LogP contribution is -2.30. The molecule has 2 heterocycles. The zero-order valence-corrected chi connectivity index (χ0v) is 9.04. The molecule has 0 radical (unpaired) electrons. The highest BCUT2D eigenvalue weighted by molar-refractivity contribution is 5.91. The van der Waals surface area contributed by atoms with Gasteiger partial charge < -0.3 is 10.6 Å². The molecule has 0 aliphatic carbocycles. The van der Waals surface area contributed by atoms with Gasteiger partial charge in [0.25, 0.3) is 0 Å². The summed E-state index contributed by atoms with van der Waals surface area (Å²) < 4.78 is 0. The molecule has 0 bridgehead atoms. The Morgan fingerprint density at radius 2 is 2.50 bits per heavy atom. The van der Waals surface area contributed by atoms with E-state index >= 15 is 0 Å². The maximum Gasteiger partial charge on any atom is 0.246 e. The van der Waals surface area contributed by atoms with Gasteiger partial charge >= 0.3 is 0 Å². The number of carbonyl (C=O) groups is 1. The van der Waals surface area contributed by atoms with Crippen molar-refractivity contribution in [3.05, 3.63) is 36.2 Å². The summed E-state index contributed by atoms with van der Waals surface area (Å²) in [5, 5.41) is 0. The van der Waals surface area contributed by atoms with Gasteiger partial charge in [-0.3, -0.25) is 9.78 Å². The summed E-state index contributed by atoms with van der Waals surface area (Å²) in [6.07, 6.45) is 7.68. The smallest absolute Gasteiger partial charge is 0.246 e. The fourth-order valence-electron chi connectivity index (χ4n) is 1.73. The molecule has 0 saturated carbocycles. The number of likely N-dealkylation sites (tertiary alicyclic amines) is 1. The molecular formula is C12H15N3O. The number of aromatic nitrogens is 1. The van der Waals surface area contributed by atoms with E-state index in [1.54, 1.807) is 29.4 Å². The van der Waals surface area contributed by atoms with Gasteiger partial charge in [-0.25, -0.2) is 0 Å². The quantitative estimate of drug-likeness (QED) is 0.740. The van der Waals surface area contributed by atoms with Crippen LogP contribution in [0.3, 0.4) is 0 Å². The fourth-order valence-corrected chi connectivity index (χ4v) is 1.73. The molecule has 1 aliphatic heterocycles. The molecule has 0 aromatic carbocycles. The van der Waals surface area contributed by atoms with E-state index in [-0.39, 0.29) is 11.9 Å². The molecule has 2 N–H and O–H groups in total. The van der Waals surface area contributed by atoms with Crippen molar-refractivity contribution in [2.75, 3.05) is 13.1 Å². The summed E-state index contributed by atoms with van der Waals surface area (Å²) in [6, 6.07) is 3.89. The lowest BCUT2D eigenvalue weighted by Gasteiger charge is -2.12. The Hall–Kier alpha value is -1.68. The normalized spacial score (nSPS) is 20.6. The van der Waals surface area contributed by atoms with Gasteiger partial charge in [0.1, 0.15) is 0 Å². The van der Waals surface area contributed by atoms with Gasteiger partial charge in [-0.15, -0.1) is 0 Å². The van der Waals surface area contributed by atoms with Crippen molar-refractivity contribution >= 4 is 12.0 Å². The van der Waals surface area contributed by atoms with E-state index < -0.39 is 0 Å². The van der Waals surface area contributed by atoms with Crippen LogP contribution < -0.4 is 5.73 Å². The number of hydrogen-bond donors (Lipinski definition) is 1. The minimum Gasteiger partial charge on any atom is -0.338 e. The largest absolute Gasteiger partial charge is 0.338 e. The molecule has 4 nitrogen and oxygen atoms in total. The minimum absolute atomic E-state index is 0.0248. The predicted molar refractivity (Wildman–Crippen MR) is 62.4 cm³/mol. The van der Waals surface area contributed by atoms with Gasteiger partial charge in [0.2, 0.25) is 5.91 Å². The van der Waals surface area contributed by atoms with Gasteiger partial charge in [0, 0.05) is 37.6 Å². The SMILES string of the molecule is NC1CCN(C(=O)/C=C/c2cccnc2)C1. The number of pyridine rings is 1. The van der Waals surface area contributed by atoms with Gasteiger partial charge in [-0.2, -0.15) is 0 Å². The fraction of sp³-hybridized carbons (Fsp3) is 0.333. The Labute approximate surface area is 94.8 Å². The second-order valence-corrected chi connectivity index (χ2v) is 3.95. The summed E-state index contributed by atoms with van der Waals surface area (Å²) in [7, 11) is 0. The number of amides is 1. The molecule has 1 saturated heterocycles. The third-order valence-electron chi connectivity index (χ3n) is 2.64. The number of rotatable bonds is 2. The van der Waals surface area contributed by atoms with Crippen molar-refractivity contribution in [2.24, 2.45) is 5.73 Å². The van der Waals surface area contributed by atoms with Crippen molar-refractivity contribution < 1.29 is 4.79 Å². The molecule has 84 valence electrons. The van der Waals surface area contributed by atoms with Gasteiger partial charge in [0.15, 0.2) is 0 Å². The number of hydrogen-bond acceptors (Lipinski definition) is 3. The topological polar surface area (TPSA) is 59.2 Å². The average molecular weight is 217 g/mol. The Kier molecular flexibility index (Phi) is 3.31. The van der Waals surface area contributed by atoms with Crippen molar-refractivity contribution in [1.82, 2.24) is 9.88 Å². The van der Waals surface area contributed by atoms with E-state index in [0.717, 1.165) is 18.5 Å². The average Bonchev–Trinajstić information content (AvgIpc) is 2.74. The maximum absolute atomic E-state index is 11.7. The minimum atomic E-state index is 0.0248. The molecule has 1 unspecified atom stereocenters. The highest BCUT2D eigenvalue weighted by Gasteiger charge is 2.21. The Bertz CT molecular complexity index is 389. The van der Waals surface area contributed by atoms with Crippen molar-refractivity contribution in [3.63, 3.8) is 0 Å². The Morgan fingerprint density at radius 1 is 1.62 bits per heavy atom. The molecule has 4 heteroatoms. The van der Waals surface area contributed by atoms with E-state index in [1.807, 2.05) is 12.1 Å². The van der Waals surface area contributed by atoms with Crippen molar-refractivity contribution in [3.8, 4) is 0 Å². The van der Waals surface area contributed by atoms with Gasteiger partial charge in [-0.1, -0.05) is 6.07 Å². The zero-order valence-electron chi connectivity index (χ0n) is 9.04. The summed E-state index contributed by atoms with van der Waals surface area (Å²) in [6.45, 7) is 1.42. The van der Waals surface area contributed by atoms with E-state index in [4.69, 9.17) is 5.73 Å². The summed E-state index contributed by atoms with van der Waals surface area (Å²) in [4.78, 5) is 17.5. The predicted octanol–water partition coefficient (Wildman–Crippen LogP) is 0.654. The molecule has 2 rings (SSSR count). The summed E-state index contributed by atoms with van der Waals surface area (Å²) >= 11 is 0. The van der Waals surface area contributed by atoms with Gasteiger partial charge in [-0.05, 0) is 24.1 Å². The van der Waals surface area contributed by atoms with E-state index in [2.05, 4.69) is 4.98 Å². The van der Waals surface area contributed by atoms with Crippen LogP contribution in [0.5, 0.6) is 0 Å². The van der Waals surface area contributed by atoms with Crippen LogP contribution in [0.4, 0.5) is 0 Å². The molecule has 0 spiro atoms. The van der Waals surface area contributed by atoms with Crippen LogP contribution in [-0.2, 0) is 4.79 Å². The molecule has 1 fully saturated rings. The first-order valence-electron chi connectivity index (χ1n) is 5.38. The molecule has 1 aromatic heterocycles. The summed E-state index contributed by atoms with van der Waals surface area (Å²) in [5.41, 5.74) is 6.67. The monoisotopic (exact) mass is 217 g/mol. The second-order valence-electron chi connectivity index (χ2n) is 3.95. The second kappa shape index (κ2) is 4.90. The highest BCUT2D eigenvalue weighted by atomic mass is 16.2. The molecule has 1 aromatic rings. The number of nitrogens with zero attached hydrogens (tertiary/aromatic N) is 2. The first-order valence-corrected chi connectivity index (χ1v) is 5.38. The van der Waals surface area contributed by atoms with Crippen molar-refractivity contribution in [2.45, 2.75) is 12.5 Å². The van der Waals surface area contributed by atoms with Crippen LogP contribution in [0, 0.1) is 0 Å². The van der Waals surface area contributed by atoms with Crippen LogP contribution in [0.25, 0.3) is 6.08 Å². The highest BCUT2D eigenvalue weighted by Crippen LogP contribution is 2.08. The number of nitrogens with two attached hydrogens (primary N) is 1. The first kappa shape index (κ1) is 10.8. The van der Waals surface area contributed by atoms with E-state index in [1.165, 1.54) is 0 Å². The lowest BCUT2D eigenvalue weighted by molar-refractivity contribution is -0.124. The van der Waals surface area contributed by atoms with Gasteiger partial charge in [0.05, 0.1) is 0 Å². The third kappa shape index (κ3) is 2.67. The summed E-state index contributed by atoms with van der Waals surface area (Å²) in [5.74, 6) is 0.0248. The Balaban J connectivity index is 1.95.